The summed E-state index contributed by atoms with van der Waals surface area (Å²) in [4.78, 5) is 3.78. The van der Waals surface area contributed by atoms with E-state index < -0.39 is 0 Å². The molecule has 0 aliphatic carbocycles. The average molecular weight is 340 g/mol. The Morgan fingerprint density at radius 1 is 1.00 bits per heavy atom. The predicted molar refractivity (Wildman–Crippen MR) is 43.8 cm³/mol. The maximum absolute atomic E-state index is 7.94. The van der Waals surface area contributed by atoms with Crippen molar-refractivity contribution in [1.29, 1.82) is 0 Å². The Labute approximate surface area is 79.1 Å². The normalized spacial score (nSPS) is 6.00. The number of nitrogens with zero attached hydrogens (tertiary/aromatic N) is 1. The van der Waals surface area contributed by atoms with Crippen LogP contribution >= 0.6 is 12.9 Å². The van der Waals surface area contributed by atoms with Crippen LogP contribution in [-0.2, 0) is 4.55 Å². The number of aromatic nitrogens is 1. The molecule has 4 heteroatoms. The van der Waals surface area contributed by atoms with Crippen molar-refractivity contribution in [2.24, 2.45) is 0 Å². The van der Waals surface area contributed by atoms with Gasteiger partial charge in [-0.1, -0.05) is 6.07 Å². The van der Waals surface area contributed by atoms with E-state index in [-0.39, 0.29) is 26.2 Å². The molecule has 1 rings (SSSR count). The van der Waals surface area contributed by atoms with Crippen LogP contribution in [0.15, 0.2) is 30.6 Å². The molecule has 1 heterocycles. The maximum atomic E-state index is 7.94. The molecule has 0 unspecified atom stereocenters. The van der Waals surface area contributed by atoms with Crippen LogP contribution in [0, 0.1) is 0 Å². The van der Waals surface area contributed by atoms with Gasteiger partial charge in [0.2, 0.25) is 0 Å². The number of hydrogen-bond donors (Lipinski definition) is 1. The van der Waals surface area contributed by atoms with Crippen LogP contribution in [-0.4, -0.2) is 31.2 Å². The van der Waals surface area contributed by atoms with Crippen molar-refractivity contribution >= 4 is 39.1 Å². The van der Waals surface area contributed by atoms with Gasteiger partial charge in [0.1, 0.15) is 0 Å². The summed E-state index contributed by atoms with van der Waals surface area (Å²) in [6, 6.07) is 5.72. The first-order chi connectivity index (χ1) is 4.00. The van der Waals surface area contributed by atoms with Crippen LogP contribution in [0.4, 0.5) is 0 Å². The Balaban J connectivity index is 0. The SMILES string of the molecule is [BiH3].[O]S.c1ccncc1. The van der Waals surface area contributed by atoms with E-state index in [1.54, 1.807) is 12.4 Å². The summed E-state index contributed by atoms with van der Waals surface area (Å²) >= 11 is 2.28. The Kier molecular flexibility index (Phi) is 15.0. The van der Waals surface area contributed by atoms with Crippen molar-refractivity contribution in [3.8, 4) is 0 Å². The molecule has 0 atom stereocenters. The summed E-state index contributed by atoms with van der Waals surface area (Å²) in [6.45, 7) is 0. The summed E-state index contributed by atoms with van der Waals surface area (Å²) in [5.74, 6) is 0. The molecule has 2 nitrogen and oxygen atoms in total. The zero-order valence-electron chi connectivity index (χ0n) is 4.90. The van der Waals surface area contributed by atoms with Crippen LogP contribution in [0.3, 0.4) is 0 Å². The molecule has 1 aromatic rings. The summed E-state index contributed by atoms with van der Waals surface area (Å²) in [6.07, 6.45) is 3.50. The zero-order valence-corrected chi connectivity index (χ0v) is 11.3. The van der Waals surface area contributed by atoms with E-state index in [1.165, 1.54) is 0 Å². The third-order valence-electron chi connectivity index (χ3n) is 0.566. The molecule has 0 spiro atoms. The Morgan fingerprint density at radius 3 is 1.56 bits per heavy atom. The number of rotatable bonds is 0. The van der Waals surface area contributed by atoms with Crippen LogP contribution in [0.1, 0.15) is 0 Å². The van der Waals surface area contributed by atoms with Crippen molar-refractivity contribution in [3.63, 3.8) is 0 Å². The van der Waals surface area contributed by atoms with Gasteiger partial charge in [-0.25, -0.2) is 0 Å². The fourth-order valence-electron chi connectivity index (χ4n) is 0.313. The summed E-state index contributed by atoms with van der Waals surface area (Å²) in [7, 11) is 0. The van der Waals surface area contributed by atoms with E-state index in [1.807, 2.05) is 18.2 Å². The molecule has 51 valence electrons. The minimum absolute atomic E-state index is 0. The van der Waals surface area contributed by atoms with Gasteiger partial charge in [0, 0.05) is 25.3 Å². The predicted octanol–water partition coefficient (Wildman–Crippen LogP) is 0.159. The molecule has 0 saturated heterocycles. The average Bonchev–Trinajstić information content (AvgIpc) is 1.96. The van der Waals surface area contributed by atoms with Gasteiger partial charge in [-0.15, -0.1) is 0 Å². The minimum atomic E-state index is 0. The largest absolute Gasteiger partial charge is 0.265 e. The third-order valence-corrected chi connectivity index (χ3v) is 0.566. The van der Waals surface area contributed by atoms with Crippen molar-refractivity contribution in [2.75, 3.05) is 0 Å². The number of thiol groups is 1. The molecule has 1 aromatic heterocycles. The van der Waals surface area contributed by atoms with E-state index in [0.717, 1.165) is 0 Å². The van der Waals surface area contributed by atoms with Gasteiger partial charge in [0.05, 0.1) is 0 Å². The molecule has 0 fully saturated rings. The monoisotopic (exact) mass is 340 g/mol. The molecule has 0 saturated carbocycles. The second-order valence-corrected chi connectivity index (χ2v) is 1.02. The molecule has 0 aliphatic heterocycles. The van der Waals surface area contributed by atoms with Gasteiger partial charge in [0.25, 0.3) is 0 Å². The Hall–Kier alpha value is 0.343. The topological polar surface area (TPSA) is 32.8 Å². The fourth-order valence-corrected chi connectivity index (χ4v) is 0.313. The van der Waals surface area contributed by atoms with Gasteiger partial charge in [-0.3, -0.25) is 4.98 Å². The smallest absolute Gasteiger partial charge is 0.0267 e. The quantitative estimate of drug-likeness (QED) is 0.407. The van der Waals surface area contributed by atoms with E-state index in [2.05, 4.69) is 17.9 Å². The first-order valence-corrected chi connectivity index (χ1v) is 2.40. The van der Waals surface area contributed by atoms with Gasteiger partial charge < -0.3 is 0 Å². The van der Waals surface area contributed by atoms with Crippen LogP contribution < -0.4 is 0 Å². The minimum Gasteiger partial charge on any atom is -0.265 e. The summed E-state index contributed by atoms with van der Waals surface area (Å²) in [5.41, 5.74) is 0. The first kappa shape index (κ1) is 12.1. The van der Waals surface area contributed by atoms with Crippen LogP contribution in [0.5, 0.6) is 0 Å². The van der Waals surface area contributed by atoms with Gasteiger partial charge in [0.15, 0.2) is 0 Å². The van der Waals surface area contributed by atoms with Crippen molar-refractivity contribution in [2.45, 2.75) is 0 Å². The van der Waals surface area contributed by atoms with E-state index >= 15 is 0 Å². The molecule has 1 radical (unpaired) electrons. The molecular formula is C5H9BiNOS. The van der Waals surface area contributed by atoms with Gasteiger partial charge in [-0.05, 0) is 12.1 Å². The van der Waals surface area contributed by atoms with Gasteiger partial charge in [-0.2, -0.15) is 4.55 Å². The Bertz CT molecular complexity index is 88.9. The maximum Gasteiger partial charge on any atom is 0.0267 e. The van der Waals surface area contributed by atoms with Crippen LogP contribution in [0.2, 0.25) is 0 Å². The molecule has 9 heavy (non-hydrogen) atoms. The van der Waals surface area contributed by atoms with Crippen molar-refractivity contribution in [1.82, 2.24) is 4.98 Å². The van der Waals surface area contributed by atoms with E-state index in [9.17, 15) is 0 Å². The molecule has 0 N–H and O–H groups in total. The first-order valence-electron chi connectivity index (χ1n) is 2.03. The molecule has 0 aromatic carbocycles. The van der Waals surface area contributed by atoms with Crippen molar-refractivity contribution in [3.05, 3.63) is 30.6 Å². The second-order valence-electron chi connectivity index (χ2n) is 1.02. The molecule has 0 amide bonds. The summed E-state index contributed by atoms with van der Waals surface area (Å²) in [5, 5.41) is 0. The number of pyridine rings is 1. The fraction of sp³-hybridized carbons (Fsp3) is 0. The van der Waals surface area contributed by atoms with E-state index in [4.69, 9.17) is 4.55 Å². The number of hydrogen-bond acceptors (Lipinski definition) is 2. The van der Waals surface area contributed by atoms with Crippen LogP contribution in [0.25, 0.3) is 0 Å². The zero-order chi connectivity index (χ0) is 6.24. The third kappa shape index (κ3) is 8.34. The molecule has 0 aliphatic rings. The second kappa shape index (κ2) is 11.2. The summed E-state index contributed by atoms with van der Waals surface area (Å²) < 4.78 is 7.94. The molecule has 0 bridgehead atoms. The van der Waals surface area contributed by atoms with Gasteiger partial charge >= 0.3 is 26.2 Å². The molecular weight excluding hydrogens is 331 g/mol. The van der Waals surface area contributed by atoms with E-state index in [0.29, 0.717) is 0 Å². The van der Waals surface area contributed by atoms with Crippen molar-refractivity contribution < 1.29 is 4.55 Å². The Morgan fingerprint density at radius 2 is 1.44 bits per heavy atom. The standard InChI is InChI=1S/C5H5N.Bi.HOS.3H/c1-2-4-6-5-3-1;;1-2;;;/h1-5H;;2H;;;.